The minimum absolute atomic E-state index is 0.155. The maximum Gasteiger partial charge on any atom is 0.116 e. The Bertz CT molecular complexity index is 2220. The highest BCUT2D eigenvalue weighted by Gasteiger charge is 2.59. The number of allylic oxidation sites excluding steroid dienone is 2. The Morgan fingerprint density at radius 2 is 1.05 bits per heavy atom. The molecule has 2 unspecified atom stereocenters. The zero-order chi connectivity index (χ0) is 41.1. The third-order valence-electron chi connectivity index (χ3n) is 14.9. The van der Waals surface area contributed by atoms with Gasteiger partial charge in [0, 0.05) is 30.0 Å². The molecule has 9 rings (SSSR count). The Hall–Kier alpha value is -3.16. The van der Waals surface area contributed by atoms with Gasteiger partial charge in [-0.3, -0.25) is 0 Å². The van der Waals surface area contributed by atoms with Gasteiger partial charge in [0.15, 0.2) is 0 Å². The summed E-state index contributed by atoms with van der Waals surface area (Å²) in [5.41, 5.74) is 18.6. The summed E-state index contributed by atoms with van der Waals surface area (Å²) in [6.45, 7) is 13.2. The number of hydrogen-bond acceptors (Lipinski definition) is 2. The van der Waals surface area contributed by atoms with Crippen LogP contribution in [-0.2, 0) is 0 Å². The molecule has 59 heavy (non-hydrogen) atoms. The number of hydrogen-bond donors (Lipinski definition) is 0. The van der Waals surface area contributed by atoms with Crippen LogP contribution >= 0.6 is 30.1 Å². The number of rotatable bonds is 6. The number of nitrogens with zero attached hydrogens (tertiary/aromatic N) is 2. The van der Waals surface area contributed by atoms with Crippen molar-refractivity contribution in [2.75, 3.05) is 22.9 Å². The molecule has 0 spiro atoms. The largest absolute Gasteiger partial charge is 0.325 e. The Morgan fingerprint density at radius 1 is 0.576 bits per heavy atom. The van der Waals surface area contributed by atoms with Crippen molar-refractivity contribution in [3.63, 3.8) is 0 Å². The Balaban J connectivity index is 1.44. The molecular weight excluding hydrogens is 778 g/mol. The molecule has 4 aromatic rings. The van der Waals surface area contributed by atoms with Crippen LogP contribution in [0, 0.1) is 41.5 Å². The second kappa shape index (κ2) is 16.6. The van der Waals surface area contributed by atoms with E-state index in [-0.39, 0.29) is 5.38 Å². The molecule has 0 aromatic heterocycles. The van der Waals surface area contributed by atoms with Gasteiger partial charge in [0.05, 0.1) is 9.99 Å². The fourth-order valence-corrected chi connectivity index (χ4v) is 22.5. The highest BCUT2D eigenvalue weighted by atomic mass is 35.5. The van der Waals surface area contributed by atoms with Gasteiger partial charge >= 0.3 is 0 Å². The summed E-state index contributed by atoms with van der Waals surface area (Å²) in [4.78, 5) is 5.40. The summed E-state index contributed by atoms with van der Waals surface area (Å²) < 4.78 is -0.595. The number of aryl methyl sites for hydroxylation is 6. The maximum atomic E-state index is 9.36. The third kappa shape index (κ3) is 6.91. The second-order valence-electron chi connectivity index (χ2n) is 18.9. The van der Waals surface area contributed by atoms with Crippen LogP contribution in [0.1, 0.15) is 134 Å². The molecule has 1 aliphatic heterocycles. The van der Waals surface area contributed by atoms with Gasteiger partial charge < -0.3 is 9.80 Å². The average molecular weight is 844 g/mol. The Morgan fingerprint density at radius 3 is 1.56 bits per heavy atom. The lowest BCUT2D eigenvalue weighted by molar-refractivity contribution is 0.469. The number of anilines is 2. The molecule has 5 aliphatic rings. The highest BCUT2D eigenvalue weighted by Crippen LogP contribution is 2.80. The van der Waals surface area contributed by atoms with Gasteiger partial charge in [0.1, 0.15) is 5.82 Å². The van der Waals surface area contributed by atoms with Crippen LogP contribution in [-0.4, -0.2) is 39.7 Å². The van der Waals surface area contributed by atoms with Crippen LogP contribution < -0.4 is 9.80 Å². The first kappa shape index (κ1) is 41.2. The molecule has 2 nitrogen and oxygen atoms in total. The lowest BCUT2D eigenvalue weighted by Crippen LogP contribution is -2.46. The lowest BCUT2D eigenvalue weighted by atomic mass is 9.91. The van der Waals surface area contributed by atoms with Crippen LogP contribution in [0.2, 0.25) is 0 Å². The first-order valence-corrected chi connectivity index (χ1v) is 25.7. The number of alkyl halides is 2. The van der Waals surface area contributed by atoms with E-state index in [1.807, 2.05) is 0 Å². The summed E-state index contributed by atoms with van der Waals surface area (Å²) in [6.07, 6.45) is 18.7. The van der Waals surface area contributed by atoms with Gasteiger partial charge in [-0.25, -0.2) is 0 Å². The molecule has 0 N–H and O–H groups in total. The van der Waals surface area contributed by atoms with E-state index >= 15 is 0 Å². The van der Waals surface area contributed by atoms with Gasteiger partial charge in [-0.1, -0.05) is 135 Å². The Labute approximate surface area is 366 Å². The van der Waals surface area contributed by atoms with Gasteiger partial charge in [0.2, 0.25) is 0 Å². The third-order valence-corrected chi connectivity index (χ3v) is 22.8. The highest BCUT2D eigenvalue weighted by molar-refractivity contribution is 7.81. The molecular formula is C54H65Cl2N2P. The molecule has 1 heterocycles. The fourth-order valence-electron chi connectivity index (χ4n) is 13.0. The van der Waals surface area contributed by atoms with E-state index in [0.29, 0.717) is 11.3 Å². The zero-order valence-corrected chi connectivity index (χ0v) is 38.9. The minimum atomic E-state index is -2.31. The lowest BCUT2D eigenvalue weighted by Gasteiger charge is -2.58. The van der Waals surface area contributed by atoms with Crippen molar-refractivity contribution in [1.82, 2.24) is 0 Å². The van der Waals surface area contributed by atoms with Gasteiger partial charge in [0.25, 0.3) is 0 Å². The van der Waals surface area contributed by atoms with Gasteiger partial charge in [-0.2, -0.15) is 0 Å². The minimum Gasteiger partial charge on any atom is -0.325 e. The van der Waals surface area contributed by atoms with Crippen LogP contribution in [0.15, 0.2) is 96.3 Å². The first-order chi connectivity index (χ1) is 28.5. The van der Waals surface area contributed by atoms with E-state index in [9.17, 15) is 11.6 Å². The second-order valence-corrected chi connectivity index (χ2v) is 24.6. The van der Waals surface area contributed by atoms with E-state index in [1.165, 1.54) is 143 Å². The molecule has 1 saturated heterocycles. The Kier molecular flexibility index (Phi) is 11.6. The molecule has 310 valence electrons. The standard InChI is InChI=1S/C54H65Cl2N2P/c1-36-31-38(3)51(39(4)32-36)57-29-30-58(52-40(5)33-37(2)34-41(52)6)53(57)50-48(55)27-18-28-54(50,56)59(43-21-12-8-13-22-43,44-23-14-9-15-24-44)49-35-47(42-19-10-7-11-20-42)45-25-16-17-26-46(45)49/h7,10-11,16-17,19-20,25-26,31-35,43-44,48H,8-9,12-15,18,21-24,27-30H2,1-6H3. The average Bonchev–Trinajstić information content (AvgIpc) is 3.81. The monoisotopic (exact) mass is 842 g/mol. The smallest absolute Gasteiger partial charge is 0.116 e. The van der Waals surface area contributed by atoms with Crippen LogP contribution in [0.25, 0.3) is 5.57 Å². The van der Waals surface area contributed by atoms with Crippen molar-refractivity contribution in [1.29, 1.82) is 0 Å². The molecule has 4 aliphatic carbocycles. The molecule has 0 bridgehead atoms. The molecule has 4 aromatic carbocycles. The summed E-state index contributed by atoms with van der Waals surface area (Å²) in [7, 11) is 0. The van der Waals surface area contributed by atoms with Crippen molar-refractivity contribution in [2.24, 2.45) is 0 Å². The predicted molar refractivity (Wildman–Crippen MR) is 260 cm³/mol. The van der Waals surface area contributed by atoms with Crippen molar-refractivity contribution in [3.8, 4) is 0 Å². The molecule has 0 amide bonds. The van der Waals surface area contributed by atoms with Crippen molar-refractivity contribution >= 4 is 52.3 Å². The van der Waals surface area contributed by atoms with Crippen molar-refractivity contribution < 1.29 is 0 Å². The van der Waals surface area contributed by atoms with Crippen molar-refractivity contribution in [3.05, 3.63) is 146 Å². The van der Waals surface area contributed by atoms with Crippen LogP contribution in [0.3, 0.4) is 0 Å². The predicted octanol–water partition coefficient (Wildman–Crippen LogP) is 15.2. The first-order valence-electron chi connectivity index (χ1n) is 23.0. The van der Waals surface area contributed by atoms with Crippen molar-refractivity contribution in [2.45, 2.75) is 146 Å². The van der Waals surface area contributed by atoms with Crippen LogP contribution in [0.5, 0.6) is 0 Å². The van der Waals surface area contributed by atoms with Crippen LogP contribution in [0.4, 0.5) is 11.4 Å². The number of fused-ring (bicyclic) bond motifs is 1. The molecule has 3 saturated carbocycles. The summed E-state index contributed by atoms with van der Waals surface area (Å²) >= 11 is 17.5. The van der Waals surface area contributed by atoms with E-state index in [4.69, 9.17) is 11.6 Å². The summed E-state index contributed by atoms with van der Waals surface area (Å²) in [6, 6.07) is 30.2. The summed E-state index contributed by atoms with van der Waals surface area (Å²) in [5.74, 6) is 1.29. The maximum absolute atomic E-state index is 9.36. The van der Waals surface area contributed by atoms with E-state index in [1.54, 1.807) is 5.29 Å². The SMILES string of the molecule is Cc1cc(C)c(N2CCN(c3c(C)cc(C)cc3C)C2=C2C(Cl)CCCC2(Cl)P(=C2C=C(c3ccccc3)c3ccccc32)(C2CCCCC2)C2CCCCC2)c(C)c1. The van der Waals surface area contributed by atoms with Gasteiger partial charge in [-0.05, 0) is 154 Å². The van der Waals surface area contributed by atoms with Gasteiger partial charge in [-0.15, -0.1) is 23.2 Å². The van der Waals surface area contributed by atoms with E-state index < -0.39 is 11.5 Å². The van der Waals surface area contributed by atoms with E-state index in [2.05, 4.69) is 136 Å². The zero-order valence-electron chi connectivity index (χ0n) is 36.5. The quantitative estimate of drug-likeness (QED) is 0.141. The van der Waals surface area contributed by atoms with E-state index in [0.717, 1.165) is 32.4 Å². The fraction of sp³-hybridized carbons (Fsp3) is 0.463. The molecule has 0 radical (unpaired) electrons. The molecule has 4 fully saturated rings. The number of benzene rings is 4. The number of halogens is 2. The normalized spacial score (nSPS) is 23.3. The molecule has 2 atom stereocenters. The topological polar surface area (TPSA) is 6.48 Å². The summed E-state index contributed by atoms with van der Waals surface area (Å²) in [5, 5.41) is 1.46. The molecule has 5 heteroatoms.